The SMILES string of the molecule is CC(C)CN1C(=O)N=C(N)C1(C)Cc1ccccc1F. The summed E-state index contributed by atoms with van der Waals surface area (Å²) in [5, 5.41) is 0. The molecule has 1 heterocycles. The Balaban J connectivity index is 2.32. The molecular weight excluding hydrogens is 257 g/mol. The number of carbonyl (C=O) groups is 1. The average molecular weight is 277 g/mol. The molecule has 1 aliphatic rings. The number of amides is 2. The standard InChI is InChI=1S/C15H20FN3O/c1-10(2)9-19-14(20)18-13(17)15(19,3)8-11-6-4-5-7-12(11)16/h4-7,10H,8-9H2,1-3H3,(H2,17,18,20). The second-order valence-electron chi connectivity index (χ2n) is 5.83. The average Bonchev–Trinajstić information content (AvgIpc) is 2.56. The molecule has 1 aromatic rings. The number of halogens is 1. The molecule has 0 aromatic heterocycles. The van der Waals surface area contributed by atoms with E-state index in [0.29, 0.717) is 24.4 Å². The fourth-order valence-corrected chi connectivity index (χ4v) is 2.48. The van der Waals surface area contributed by atoms with Gasteiger partial charge >= 0.3 is 6.03 Å². The molecule has 0 bridgehead atoms. The van der Waals surface area contributed by atoms with E-state index >= 15 is 0 Å². The van der Waals surface area contributed by atoms with Crippen molar-refractivity contribution in [1.82, 2.24) is 4.90 Å². The van der Waals surface area contributed by atoms with E-state index in [1.165, 1.54) is 6.07 Å². The molecule has 0 spiro atoms. The van der Waals surface area contributed by atoms with Crippen molar-refractivity contribution in [3.63, 3.8) is 0 Å². The maximum atomic E-state index is 13.8. The first kappa shape index (κ1) is 14.5. The largest absolute Gasteiger partial charge is 0.385 e. The number of aliphatic imine (C=N–C) groups is 1. The molecule has 1 aromatic carbocycles. The predicted molar refractivity (Wildman–Crippen MR) is 77.1 cm³/mol. The normalized spacial score (nSPS) is 22.6. The molecule has 4 nitrogen and oxygen atoms in total. The zero-order chi connectivity index (χ0) is 14.9. The van der Waals surface area contributed by atoms with Gasteiger partial charge < -0.3 is 10.6 Å². The first-order chi connectivity index (χ1) is 9.34. The van der Waals surface area contributed by atoms with Gasteiger partial charge in [0.2, 0.25) is 0 Å². The molecule has 0 saturated heterocycles. The number of amidine groups is 1. The summed E-state index contributed by atoms with van der Waals surface area (Å²) in [5.41, 5.74) is 5.71. The number of hydrogen-bond acceptors (Lipinski definition) is 2. The number of carbonyl (C=O) groups excluding carboxylic acids is 1. The summed E-state index contributed by atoms with van der Waals surface area (Å²) in [7, 11) is 0. The minimum atomic E-state index is -0.760. The van der Waals surface area contributed by atoms with Crippen LogP contribution in [-0.4, -0.2) is 28.9 Å². The molecule has 1 aliphatic heterocycles. The highest BCUT2D eigenvalue weighted by atomic mass is 19.1. The van der Waals surface area contributed by atoms with Crippen LogP contribution in [0.2, 0.25) is 0 Å². The van der Waals surface area contributed by atoms with Crippen LogP contribution in [0.1, 0.15) is 26.3 Å². The Morgan fingerprint density at radius 3 is 2.65 bits per heavy atom. The highest BCUT2D eigenvalue weighted by Gasteiger charge is 2.44. The molecule has 2 rings (SSSR count). The summed E-state index contributed by atoms with van der Waals surface area (Å²) in [6.07, 6.45) is 0.327. The molecule has 0 radical (unpaired) electrons. The second-order valence-corrected chi connectivity index (χ2v) is 5.83. The van der Waals surface area contributed by atoms with Gasteiger partial charge in [0.25, 0.3) is 0 Å². The Morgan fingerprint density at radius 1 is 1.40 bits per heavy atom. The molecule has 0 aliphatic carbocycles. The van der Waals surface area contributed by atoms with Crippen molar-refractivity contribution < 1.29 is 9.18 Å². The lowest BCUT2D eigenvalue weighted by atomic mass is 9.90. The van der Waals surface area contributed by atoms with Crippen LogP contribution in [0.15, 0.2) is 29.3 Å². The molecule has 1 unspecified atom stereocenters. The van der Waals surface area contributed by atoms with Crippen LogP contribution >= 0.6 is 0 Å². The predicted octanol–water partition coefficient (Wildman–Crippen LogP) is 2.58. The first-order valence-corrected chi connectivity index (χ1v) is 6.74. The fraction of sp³-hybridized carbons (Fsp3) is 0.467. The Kier molecular flexibility index (Phi) is 3.79. The van der Waals surface area contributed by atoms with E-state index in [2.05, 4.69) is 4.99 Å². The fourth-order valence-electron chi connectivity index (χ4n) is 2.48. The van der Waals surface area contributed by atoms with Gasteiger partial charge in [-0.25, -0.2) is 9.18 Å². The molecule has 0 fully saturated rings. The van der Waals surface area contributed by atoms with Crippen molar-refractivity contribution in [3.05, 3.63) is 35.6 Å². The van der Waals surface area contributed by atoms with Crippen LogP contribution in [0.3, 0.4) is 0 Å². The summed E-state index contributed by atoms with van der Waals surface area (Å²) in [5.74, 6) is 0.261. The third kappa shape index (κ3) is 2.53. The molecule has 20 heavy (non-hydrogen) atoms. The van der Waals surface area contributed by atoms with E-state index in [9.17, 15) is 9.18 Å². The quantitative estimate of drug-likeness (QED) is 0.919. The number of hydrogen-bond donors (Lipinski definition) is 1. The number of benzene rings is 1. The van der Waals surface area contributed by atoms with Crippen LogP contribution in [0.25, 0.3) is 0 Å². The Morgan fingerprint density at radius 2 is 2.05 bits per heavy atom. The van der Waals surface area contributed by atoms with Gasteiger partial charge in [-0.3, -0.25) is 0 Å². The highest BCUT2D eigenvalue weighted by Crippen LogP contribution is 2.29. The van der Waals surface area contributed by atoms with Gasteiger partial charge in [-0.1, -0.05) is 32.0 Å². The van der Waals surface area contributed by atoms with Gasteiger partial charge in [-0.15, -0.1) is 0 Å². The van der Waals surface area contributed by atoms with Gasteiger partial charge in [0, 0.05) is 13.0 Å². The van der Waals surface area contributed by atoms with Gasteiger partial charge in [-0.05, 0) is 24.5 Å². The molecule has 0 saturated carbocycles. The summed E-state index contributed by atoms with van der Waals surface area (Å²) in [6, 6.07) is 6.21. The lowest BCUT2D eigenvalue weighted by Gasteiger charge is -2.36. The number of urea groups is 1. The second kappa shape index (κ2) is 5.23. The number of nitrogens with two attached hydrogens (primary N) is 1. The maximum Gasteiger partial charge on any atom is 0.346 e. The van der Waals surface area contributed by atoms with Crippen molar-refractivity contribution in [1.29, 1.82) is 0 Å². The Hall–Kier alpha value is -1.91. The van der Waals surface area contributed by atoms with Crippen LogP contribution in [0.4, 0.5) is 9.18 Å². The third-order valence-electron chi connectivity index (χ3n) is 3.63. The van der Waals surface area contributed by atoms with Crippen molar-refractivity contribution in [2.75, 3.05) is 6.54 Å². The van der Waals surface area contributed by atoms with Crippen molar-refractivity contribution >= 4 is 11.9 Å². The lowest BCUT2D eigenvalue weighted by Crippen LogP contribution is -2.54. The van der Waals surface area contributed by atoms with Crippen molar-refractivity contribution in [2.45, 2.75) is 32.7 Å². The Bertz CT molecular complexity index is 556. The summed E-state index contributed by atoms with van der Waals surface area (Å²) < 4.78 is 13.8. The molecular formula is C15H20FN3O. The molecule has 5 heteroatoms. The zero-order valence-electron chi connectivity index (χ0n) is 12.1. The van der Waals surface area contributed by atoms with E-state index in [0.717, 1.165) is 0 Å². The van der Waals surface area contributed by atoms with Crippen LogP contribution < -0.4 is 5.73 Å². The van der Waals surface area contributed by atoms with Crippen LogP contribution in [0.5, 0.6) is 0 Å². The highest BCUT2D eigenvalue weighted by molar-refractivity contribution is 6.05. The molecule has 108 valence electrons. The molecule has 2 amide bonds. The summed E-state index contributed by atoms with van der Waals surface area (Å²) in [4.78, 5) is 17.5. The first-order valence-electron chi connectivity index (χ1n) is 6.74. The van der Waals surface area contributed by atoms with Crippen LogP contribution in [-0.2, 0) is 6.42 Å². The topological polar surface area (TPSA) is 58.7 Å². The van der Waals surface area contributed by atoms with Crippen molar-refractivity contribution in [3.8, 4) is 0 Å². The minimum absolute atomic E-state index is 0.256. The number of nitrogens with zero attached hydrogens (tertiary/aromatic N) is 2. The van der Waals surface area contributed by atoms with Gasteiger partial charge in [0.15, 0.2) is 0 Å². The Labute approximate surface area is 118 Å². The van der Waals surface area contributed by atoms with Gasteiger partial charge in [0.05, 0.1) is 0 Å². The van der Waals surface area contributed by atoms with E-state index < -0.39 is 5.54 Å². The molecule has 2 N–H and O–H groups in total. The van der Waals surface area contributed by atoms with E-state index in [-0.39, 0.29) is 17.7 Å². The van der Waals surface area contributed by atoms with E-state index in [1.54, 1.807) is 23.1 Å². The smallest absolute Gasteiger partial charge is 0.346 e. The summed E-state index contributed by atoms with van der Waals surface area (Å²) >= 11 is 0. The van der Waals surface area contributed by atoms with E-state index in [4.69, 9.17) is 5.73 Å². The van der Waals surface area contributed by atoms with E-state index in [1.807, 2.05) is 20.8 Å². The van der Waals surface area contributed by atoms with Crippen molar-refractivity contribution in [2.24, 2.45) is 16.6 Å². The lowest BCUT2D eigenvalue weighted by molar-refractivity contribution is 0.167. The maximum absolute atomic E-state index is 13.8. The van der Waals surface area contributed by atoms with Gasteiger partial charge in [-0.2, -0.15) is 4.99 Å². The third-order valence-corrected chi connectivity index (χ3v) is 3.63. The van der Waals surface area contributed by atoms with Crippen LogP contribution in [0, 0.1) is 11.7 Å². The zero-order valence-corrected chi connectivity index (χ0v) is 12.1. The minimum Gasteiger partial charge on any atom is -0.385 e. The number of rotatable bonds is 4. The summed E-state index contributed by atoms with van der Waals surface area (Å²) in [6.45, 7) is 6.43. The monoisotopic (exact) mass is 277 g/mol. The van der Waals surface area contributed by atoms with Gasteiger partial charge in [0.1, 0.15) is 17.2 Å². The molecule has 1 atom stereocenters.